The zero-order valence-corrected chi connectivity index (χ0v) is 10.9. The van der Waals surface area contributed by atoms with Crippen molar-refractivity contribution in [1.82, 2.24) is 10.6 Å². The van der Waals surface area contributed by atoms with Crippen molar-refractivity contribution in [1.29, 1.82) is 0 Å². The topological polar surface area (TPSA) is 53.5 Å². The molecule has 1 aliphatic heterocycles. The maximum Gasteiger partial charge on any atom is 0.251 e. The summed E-state index contributed by atoms with van der Waals surface area (Å²) >= 11 is 0. The molecule has 92 valence electrons. The summed E-state index contributed by atoms with van der Waals surface area (Å²) in [6.45, 7) is 10.3. The lowest BCUT2D eigenvalue weighted by Gasteiger charge is -2.21. The highest BCUT2D eigenvalue weighted by Gasteiger charge is 2.31. The van der Waals surface area contributed by atoms with E-state index in [4.69, 9.17) is 0 Å². The molecule has 0 saturated heterocycles. The molecule has 2 unspecified atom stereocenters. The van der Waals surface area contributed by atoms with Crippen LogP contribution in [0.3, 0.4) is 0 Å². The molecule has 2 N–H and O–H groups in total. The Hall–Kier alpha value is -1.06. The molecule has 0 bridgehead atoms. The quantitative estimate of drug-likeness (QED) is 0.767. The lowest BCUT2D eigenvalue weighted by Crippen LogP contribution is -2.47. The summed E-state index contributed by atoms with van der Waals surface area (Å²) in [4.78, 5) is 16.1. The van der Waals surface area contributed by atoms with Gasteiger partial charge in [0.15, 0.2) is 5.96 Å². The molecule has 0 spiro atoms. The van der Waals surface area contributed by atoms with Crippen molar-refractivity contribution in [2.75, 3.05) is 0 Å². The first-order valence-electron chi connectivity index (χ1n) is 6.00. The fourth-order valence-corrected chi connectivity index (χ4v) is 1.84. The van der Waals surface area contributed by atoms with E-state index in [0.29, 0.717) is 11.9 Å². The van der Waals surface area contributed by atoms with Gasteiger partial charge in [-0.25, -0.2) is 4.99 Å². The number of nitrogens with zero attached hydrogens (tertiary/aromatic N) is 1. The summed E-state index contributed by atoms with van der Waals surface area (Å²) < 4.78 is 0. The summed E-state index contributed by atoms with van der Waals surface area (Å²) in [7, 11) is 0. The molecule has 0 aliphatic carbocycles. The van der Waals surface area contributed by atoms with E-state index in [9.17, 15) is 4.79 Å². The number of rotatable bonds is 3. The Kier molecular flexibility index (Phi) is 3.94. The van der Waals surface area contributed by atoms with Gasteiger partial charge in [0.25, 0.3) is 5.91 Å². The van der Waals surface area contributed by atoms with Crippen molar-refractivity contribution in [3.8, 4) is 0 Å². The van der Waals surface area contributed by atoms with Crippen LogP contribution in [0.5, 0.6) is 0 Å². The Morgan fingerprint density at radius 2 is 2.12 bits per heavy atom. The average molecular weight is 225 g/mol. The number of nitrogens with one attached hydrogen (secondary N) is 2. The highest BCUT2D eigenvalue weighted by atomic mass is 16.2. The van der Waals surface area contributed by atoms with E-state index in [1.807, 2.05) is 20.8 Å². The molecule has 4 heteroatoms. The molecule has 4 nitrogen and oxygen atoms in total. The van der Waals surface area contributed by atoms with Gasteiger partial charge >= 0.3 is 0 Å². The fraction of sp³-hybridized carbons (Fsp3) is 0.833. The second-order valence-corrected chi connectivity index (χ2v) is 5.55. The summed E-state index contributed by atoms with van der Waals surface area (Å²) in [6.07, 6.45) is 2.12. The number of hydrogen-bond donors (Lipinski definition) is 2. The van der Waals surface area contributed by atoms with Gasteiger partial charge in [0.2, 0.25) is 0 Å². The second-order valence-electron chi connectivity index (χ2n) is 5.55. The Bertz CT molecular complexity index is 291. The zero-order valence-electron chi connectivity index (χ0n) is 10.9. The van der Waals surface area contributed by atoms with Crippen LogP contribution in [-0.2, 0) is 4.79 Å². The highest BCUT2D eigenvalue weighted by molar-refractivity contribution is 6.05. The third kappa shape index (κ3) is 3.51. The molecular formula is C12H23N3O. The fourth-order valence-electron chi connectivity index (χ4n) is 1.84. The molecule has 0 saturated carbocycles. The predicted molar refractivity (Wildman–Crippen MR) is 66.3 cm³/mol. The van der Waals surface area contributed by atoms with E-state index in [-0.39, 0.29) is 17.5 Å². The van der Waals surface area contributed by atoms with Gasteiger partial charge in [-0.05, 0) is 33.1 Å². The molecule has 0 radical (unpaired) electrons. The van der Waals surface area contributed by atoms with E-state index < -0.39 is 0 Å². The smallest absolute Gasteiger partial charge is 0.251 e. The van der Waals surface area contributed by atoms with Crippen LogP contribution in [0.2, 0.25) is 0 Å². The highest BCUT2D eigenvalue weighted by Crippen LogP contribution is 2.17. The molecule has 1 amide bonds. The van der Waals surface area contributed by atoms with Crippen molar-refractivity contribution < 1.29 is 4.79 Å². The minimum atomic E-state index is -0.218. The molecule has 1 aliphatic rings. The first-order chi connectivity index (χ1) is 7.33. The Morgan fingerprint density at radius 3 is 2.62 bits per heavy atom. The van der Waals surface area contributed by atoms with Gasteiger partial charge in [-0.3, -0.25) is 10.1 Å². The molecule has 2 atom stereocenters. The van der Waals surface area contributed by atoms with Crippen LogP contribution in [-0.4, -0.2) is 23.4 Å². The Morgan fingerprint density at radius 1 is 1.50 bits per heavy atom. The molecule has 16 heavy (non-hydrogen) atoms. The lowest BCUT2D eigenvalue weighted by molar-refractivity contribution is -0.121. The third-order valence-corrected chi connectivity index (χ3v) is 2.55. The minimum Gasteiger partial charge on any atom is -0.351 e. The number of hydrogen-bond acceptors (Lipinski definition) is 3. The number of aliphatic imine (C=N–C) groups is 1. The van der Waals surface area contributed by atoms with Crippen LogP contribution < -0.4 is 10.6 Å². The van der Waals surface area contributed by atoms with Crippen molar-refractivity contribution >= 4 is 11.9 Å². The Balaban J connectivity index is 2.64. The summed E-state index contributed by atoms with van der Waals surface area (Å²) in [6, 6.07) is -0.218. The predicted octanol–water partition coefficient (Wildman–Crippen LogP) is 1.67. The van der Waals surface area contributed by atoms with Crippen LogP contribution in [0.4, 0.5) is 0 Å². The number of guanidine groups is 1. The number of carbonyl (C=O) groups excluding carboxylic acids is 1. The SMILES string of the molecule is CCCC(C)C1N=C(NC(C)(C)C)NC1=O. The zero-order chi connectivity index (χ0) is 12.3. The average Bonchev–Trinajstić information content (AvgIpc) is 2.44. The summed E-state index contributed by atoms with van der Waals surface area (Å²) in [5, 5.41) is 5.99. The molecular weight excluding hydrogens is 202 g/mol. The van der Waals surface area contributed by atoms with Gasteiger partial charge < -0.3 is 5.32 Å². The van der Waals surface area contributed by atoms with Gasteiger partial charge in [0.1, 0.15) is 6.04 Å². The lowest BCUT2D eigenvalue weighted by atomic mass is 9.97. The summed E-state index contributed by atoms with van der Waals surface area (Å²) in [5.41, 5.74) is -0.0744. The second kappa shape index (κ2) is 4.85. The van der Waals surface area contributed by atoms with Crippen molar-refractivity contribution in [2.45, 2.75) is 59.0 Å². The molecule has 0 aromatic rings. The van der Waals surface area contributed by atoms with Crippen LogP contribution in [0.1, 0.15) is 47.5 Å². The minimum absolute atomic E-state index is 0.0210. The monoisotopic (exact) mass is 225 g/mol. The van der Waals surface area contributed by atoms with Crippen LogP contribution in [0.15, 0.2) is 4.99 Å². The van der Waals surface area contributed by atoms with Crippen LogP contribution in [0, 0.1) is 5.92 Å². The molecule has 0 aromatic heterocycles. The first-order valence-corrected chi connectivity index (χ1v) is 6.00. The van der Waals surface area contributed by atoms with Crippen molar-refractivity contribution in [2.24, 2.45) is 10.9 Å². The van der Waals surface area contributed by atoms with Gasteiger partial charge in [-0.2, -0.15) is 0 Å². The first kappa shape index (κ1) is 13.0. The molecule has 1 heterocycles. The maximum absolute atomic E-state index is 11.7. The van der Waals surface area contributed by atoms with Gasteiger partial charge in [0.05, 0.1) is 0 Å². The van der Waals surface area contributed by atoms with Crippen molar-refractivity contribution in [3.63, 3.8) is 0 Å². The normalized spacial score (nSPS) is 22.7. The van der Waals surface area contributed by atoms with E-state index in [0.717, 1.165) is 12.8 Å². The summed E-state index contributed by atoms with van der Waals surface area (Å²) in [5.74, 6) is 0.947. The maximum atomic E-state index is 11.7. The van der Waals surface area contributed by atoms with Crippen LogP contribution in [0.25, 0.3) is 0 Å². The number of carbonyl (C=O) groups is 1. The van der Waals surface area contributed by atoms with Crippen LogP contribution >= 0.6 is 0 Å². The van der Waals surface area contributed by atoms with E-state index in [1.54, 1.807) is 0 Å². The molecule has 0 aromatic carbocycles. The Labute approximate surface area is 97.9 Å². The standard InChI is InChI=1S/C12H23N3O/c1-6-7-8(2)9-10(16)14-11(13-9)15-12(3,4)5/h8-9H,6-7H2,1-5H3,(H2,13,14,15,16). The molecule has 0 fully saturated rings. The van der Waals surface area contributed by atoms with Gasteiger partial charge in [0, 0.05) is 5.54 Å². The van der Waals surface area contributed by atoms with E-state index in [1.165, 1.54) is 0 Å². The van der Waals surface area contributed by atoms with Crippen molar-refractivity contribution in [3.05, 3.63) is 0 Å². The van der Waals surface area contributed by atoms with E-state index in [2.05, 4.69) is 29.5 Å². The largest absolute Gasteiger partial charge is 0.351 e. The number of amides is 1. The van der Waals surface area contributed by atoms with E-state index >= 15 is 0 Å². The van der Waals surface area contributed by atoms with Gasteiger partial charge in [-0.1, -0.05) is 20.3 Å². The van der Waals surface area contributed by atoms with Gasteiger partial charge in [-0.15, -0.1) is 0 Å². The molecule has 1 rings (SSSR count). The third-order valence-electron chi connectivity index (χ3n) is 2.55.